The summed E-state index contributed by atoms with van der Waals surface area (Å²) in [6, 6.07) is 19.4. The first-order valence-electron chi connectivity index (χ1n) is 9.23. The molecule has 0 unspecified atom stereocenters. The fourth-order valence-corrected chi connectivity index (χ4v) is 3.32. The number of ether oxygens (including phenoxy) is 1. The van der Waals surface area contributed by atoms with Crippen molar-refractivity contribution >= 4 is 52.5 Å². The van der Waals surface area contributed by atoms with Crippen molar-refractivity contribution in [2.45, 2.75) is 13.5 Å². The number of amides is 1. The number of halogens is 3. The van der Waals surface area contributed by atoms with Crippen molar-refractivity contribution in [3.05, 3.63) is 98.0 Å². The predicted molar refractivity (Wildman–Crippen MR) is 126 cm³/mol. The molecule has 0 aliphatic carbocycles. The molecule has 0 fully saturated rings. The van der Waals surface area contributed by atoms with Crippen LogP contribution in [0.5, 0.6) is 5.75 Å². The van der Waals surface area contributed by atoms with Gasteiger partial charge >= 0.3 is 0 Å². The Balaban J connectivity index is 1.87. The molecule has 1 N–H and O–H groups in total. The second-order valence-electron chi connectivity index (χ2n) is 6.60. The van der Waals surface area contributed by atoms with Crippen LogP contribution in [-0.4, -0.2) is 5.91 Å². The van der Waals surface area contributed by atoms with Gasteiger partial charge in [-0.1, -0.05) is 59.1 Å². The van der Waals surface area contributed by atoms with Crippen molar-refractivity contribution in [3.8, 4) is 11.8 Å². The van der Waals surface area contributed by atoms with Gasteiger partial charge in [0.25, 0.3) is 5.91 Å². The van der Waals surface area contributed by atoms with Gasteiger partial charge in [-0.15, -0.1) is 0 Å². The highest BCUT2D eigenvalue weighted by atomic mass is 35.5. The number of nitriles is 1. The largest absolute Gasteiger partial charge is 0.488 e. The minimum absolute atomic E-state index is 0.107. The van der Waals surface area contributed by atoms with Gasteiger partial charge in [0.1, 0.15) is 24.0 Å². The Morgan fingerprint density at radius 3 is 2.55 bits per heavy atom. The molecule has 1 amide bonds. The van der Waals surface area contributed by atoms with Crippen LogP contribution >= 0.6 is 34.8 Å². The summed E-state index contributed by atoms with van der Waals surface area (Å²) in [4.78, 5) is 12.7. The van der Waals surface area contributed by atoms with Crippen LogP contribution in [0.1, 0.15) is 16.7 Å². The Hall–Kier alpha value is -2.97. The molecule has 0 aliphatic rings. The van der Waals surface area contributed by atoms with Gasteiger partial charge < -0.3 is 10.1 Å². The minimum Gasteiger partial charge on any atom is -0.488 e. The third-order valence-corrected chi connectivity index (χ3v) is 5.51. The number of hydrogen-bond acceptors (Lipinski definition) is 3. The molecule has 0 heterocycles. The second-order valence-corrected chi connectivity index (χ2v) is 7.85. The number of carbonyl (C=O) groups excluding carboxylic acids is 1. The maximum atomic E-state index is 12.7. The number of hydrogen-bond donors (Lipinski definition) is 1. The molecule has 3 rings (SSSR count). The molecule has 7 heteroatoms. The Bertz CT molecular complexity index is 1200. The lowest BCUT2D eigenvalue weighted by molar-refractivity contribution is -0.112. The van der Waals surface area contributed by atoms with Crippen molar-refractivity contribution in [2.75, 3.05) is 5.32 Å². The van der Waals surface area contributed by atoms with Crippen LogP contribution in [0.15, 0.2) is 66.2 Å². The van der Waals surface area contributed by atoms with Crippen LogP contribution in [-0.2, 0) is 11.4 Å². The molecule has 0 saturated carbocycles. The van der Waals surface area contributed by atoms with Crippen molar-refractivity contribution in [1.82, 2.24) is 0 Å². The van der Waals surface area contributed by atoms with Crippen LogP contribution in [0, 0.1) is 18.3 Å². The monoisotopic (exact) mass is 470 g/mol. The van der Waals surface area contributed by atoms with E-state index in [4.69, 9.17) is 39.5 Å². The number of anilines is 1. The summed E-state index contributed by atoms with van der Waals surface area (Å²) in [6.07, 6.45) is 1.43. The zero-order chi connectivity index (χ0) is 22.4. The molecule has 0 radical (unpaired) electrons. The van der Waals surface area contributed by atoms with Gasteiger partial charge in [-0.25, -0.2) is 0 Å². The maximum absolute atomic E-state index is 12.7. The Morgan fingerprint density at radius 2 is 1.81 bits per heavy atom. The first-order valence-corrected chi connectivity index (χ1v) is 10.4. The van der Waals surface area contributed by atoms with E-state index in [1.165, 1.54) is 6.08 Å². The normalized spacial score (nSPS) is 11.0. The molecule has 3 aromatic carbocycles. The molecule has 0 bridgehead atoms. The molecular formula is C24H17Cl3N2O2. The van der Waals surface area contributed by atoms with Gasteiger partial charge in [-0.3, -0.25) is 4.79 Å². The van der Waals surface area contributed by atoms with Crippen molar-refractivity contribution in [2.24, 2.45) is 0 Å². The van der Waals surface area contributed by atoms with Gasteiger partial charge in [0.2, 0.25) is 0 Å². The Morgan fingerprint density at radius 1 is 1.06 bits per heavy atom. The SMILES string of the molecule is Cc1c(Cl)cccc1NC(=O)/C(C#N)=C/c1cc(Cl)ccc1OCc1ccccc1Cl. The van der Waals surface area contributed by atoms with E-state index in [1.54, 1.807) is 49.4 Å². The van der Waals surface area contributed by atoms with E-state index in [9.17, 15) is 10.1 Å². The van der Waals surface area contributed by atoms with E-state index in [1.807, 2.05) is 24.3 Å². The minimum atomic E-state index is -0.565. The third-order valence-electron chi connectivity index (χ3n) is 4.49. The quantitative estimate of drug-likeness (QED) is 0.308. The van der Waals surface area contributed by atoms with E-state index >= 15 is 0 Å². The summed E-state index contributed by atoms with van der Waals surface area (Å²) >= 11 is 18.4. The number of nitrogens with zero attached hydrogens (tertiary/aromatic N) is 1. The predicted octanol–water partition coefficient (Wildman–Crippen LogP) is 7.08. The van der Waals surface area contributed by atoms with Crippen molar-refractivity contribution in [1.29, 1.82) is 5.26 Å². The van der Waals surface area contributed by atoms with Gasteiger partial charge in [-0.05, 0) is 55.0 Å². The molecule has 0 saturated heterocycles. The fraction of sp³-hybridized carbons (Fsp3) is 0.0833. The molecule has 156 valence electrons. The van der Waals surface area contributed by atoms with Gasteiger partial charge in [0.05, 0.1) is 0 Å². The highest BCUT2D eigenvalue weighted by Crippen LogP contribution is 2.28. The van der Waals surface area contributed by atoms with E-state index in [2.05, 4.69) is 5.32 Å². The summed E-state index contributed by atoms with van der Waals surface area (Å²) in [5, 5.41) is 13.8. The van der Waals surface area contributed by atoms with Crippen LogP contribution in [0.4, 0.5) is 5.69 Å². The van der Waals surface area contributed by atoms with Crippen molar-refractivity contribution in [3.63, 3.8) is 0 Å². The van der Waals surface area contributed by atoms with E-state index in [0.717, 1.165) is 5.56 Å². The summed E-state index contributed by atoms with van der Waals surface area (Å²) < 4.78 is 5.89. The zero-order valence-electron chi connectivity index (χ0n) is 16.5. The average molecular weight is 472 g/mol. The summed E-state index contributed by atoms with van der Waals surface area (Å²) in [6.45, 7) is 2.00. The van der Waals surface area contributed by atoms with E-state index in [-0.39, 0.29) is 12.2 Å². The molecule has 31 heavy (non-hydrogen) atoms. The molecule has 0 aliphatic heterocycles. The van der Waals surface area contributed by atoms with Gasteiger partial charge in [0, 0.05) is 31.9 Å². The maximum Gasteiger partial charge on any atom is 0.266 e. The van der Waals surface area contributed by atoms with Crippen LogP contribution in [0.3, 0.4) is 0 Å². The molecule has 3 aromatic rings. The standard InChI is InChI=1S/C24H17Cl3N2O2/c1-15-20(26)7-4-8-22(15)29-24(30)18(13-28)11-17-12-19(25)9-10-23(17)31-14-16-5-2-3-6-21(16)27/h2-12H,14H2,1H3,(H,29,30)/b18-11+. The lowest BCUT2D eigenvalue weighted by Gasteiger charge is -2.12. The number of nitrogens with one attached hydrogen (secondary N) is 1. The lowest BCUT2D eigenvalue weighted by atomic mass is 10.1. The fourth-order valence-electron chi connectivity index (χ4n) is 2.77. The van der Waals surface area contributed by atoms with Crippen LogP contribution in [0.25, 0.3) is 6.08 Å². The molecule has 0 spiro atoms. The molecular weight excluding hydrogens is 455 g/mol. The zero-order valence-corrected chi connectivity index (χ0v) is 18.7. The summed E-state index contributed by atoms with van der Waals surface area (Å²) in [5.41, 5.74) is 2.43. The Kier molecular flexibility index (Phi) is 7.59. The van der Waals surface area contributed by atoms with Crippen molar-refractivity contribution < 1.29 is 9.53 Å². The van der Waals surface area contributed by atoms with Crippen LogP contribution < -0.4 is 10.1 Å². The van der Waals surface area contributed by atoms with Crippen LogP contribution in [0.2, 0.25) is 15.1 Å². The summed E-state index contributed by atoms with van der Waals surface area (Å²) in [7, 11) is 0. The molecule has 4 nitrogen and oxygen atoms in total. The van der Waals surface area contributed by atoms with E-state index in [0.29, 0.717) is 37.6 Å². The lowest BCUT2D eigenvalue weighted by Crippen LogP contribution is -2.14. The number of rotatable bonds is 6. The Labute approximate surface area is 195 Å². The molecule has 0 atom stereocenters. The smallest absolute Gasteiger partial charge is 0.266 e. The molecule has 0 aromatic heterocycles. The third kappa shape index (κ3) is 5.80. The topological polar surface area (TPSA) is 62.1 Å². The van der Waals surface area contributed by atoms with Gasteiger partial charge in [-0.2, -0.15) is 5.26 Å². The van der Waals surface area contributed by atoms with E-state index < -0.39 is 5.91 Å². The second kappa shape index (κ2) is 10.4. The average Bonchev–Trinajstić information content (AvgIpc) is 2.75. The summed E-state index contributed by atoms with van der Waals surface area (Å²) in [5.74, 6) is -0.103. The first-order chi connectivity index (χ1) is 14.9. The number of benzene rings is 3. The number of carbonyl (C=O) groups is 1. The first kappa shape index (κ1) is 22.7. The highest BCUT2D eigenvalue weighted by molar-refractivity contribution is 6.32. The highest BCUT2D eigenvalue weighted by Gasteiger charge is 2.14. The van der Waals surface area contributed by atoms with Gasteiger partial charge in [0.15, 0.2) is 0 Å².